The first kappa shape index (κ1) is 11.7. The van der Waals surface area contributed by atoms with Gasteiger partial charge in [-0.3, -0.25) is 4.79 Å². The van der Waals surface area contributed by atoms with Crippen molar-refractivity contribution in [2.75, 3.05) is 6.54 Å². The number of hydrogen-bond acceptors (Lipinski definition) is 3. The summed E-state index contributed by atoms with van der Waals surface area (Å²) in [5.41, 5.74) is 0.487. The fourth-order valence-corrected chi connectivity index (χ4v) is 1.84. The number of amides is 1. The summed E-state index contributed by atoms with van der Waals surface area (Å²) in [6.45, 7) is 0.0764. The maximum Gasteiger partial charge on any atom is 0.404 e. The van der Waals surface area contributed by atoms with Crippen molar-refractivity contribution in [3.05, 3.63) is 28.8 Å². The monoisotopic (exact) mass is 255 g/mol. The molecule has 1 aromatic carbocycles. The summed E-state index contributed by atoms with van der Waals surface area (Å²) < 4.78 is 5.50. The molecule has 0 radical (unpaired) electrons. The van der Waals surface area contributed by atoms with Gasteiger partial charge in [0.25, 0.3) is 0 Å². The zero-order valence-electron chi connectivity index (χ0n) is 8.77. The molecule has 2 N–H and O–H groups in total. The molecule has 1 aromatic rings. The highest BCUT2D eigenvalue weighted by Crippen LogP contribution is 2.30. The van der Waals surface area contributed by atoms with Gasteiger partial charge in [-0.1, -0.05) is 11.6 Å². The van der Waals surface area contributed by atoms with Gasteiger partial charge < -0.3 is 15.2 Å². The number of carboxylic acid groups (broad SMARTS) is 1. The second kappa shape index (κ2) is 4.63. The van der Waals surface area contributed by atoms with Crippen LogP contribution in [-0.4, -0.2) is 29.6 Å². The molecule has 6 heteroatoms. The highest BCUT2D eigenvalue weighted by molar-refractivity contribution is 6.30. The number of carbonyl (C=O) groups is 2. The Hall–Kier alpha value is -1.75. The Morgan fingerprint density at radius 3 is 3.06 bits per heavy atom. The molecule has 0 saturated heterocycles. The molecule has 0 aromatic heterocycles. The number of halogens is 1. The molecule has 0 bridgehead atoms. The number of benzene rings is 1. The summed E-state index contributed by atoms with van der Waals surface area (Å²) in [6.07, 6.45) is -1.46. The van der Waals surface area contributed by atoms with Crippen molar-refractivity contribution in [3.63, 3.8) is 0 Å². The Kier molecular flexibility index (Phi) is 3.19. The van der Waals surface area contributed by atoms with Gasteiger partial charge in [-0.2, -0.15) is 0 Å². The van der Waals surface area contributed by atoms with E-state index in [1.165, 1.54) is 0 Å². The van der Waals surface area contributed by atoms with Crippen molar-refractivity contribution < 1.29 is 19.4 Å². The lowest BCUT2D eigenvalue weighted by Crippen LogP contribution is -2.38. The Labute approximate surface area is 102 Å². The van der Waals surface area contributed by atoms with Gasteiger partial charge >= 0.3 is 6.09 Å². The number of fused-ring (bicyclic) bond motifs is 1. The van der Waals surface area contributed by atoms with E-state index in [-0.39, 0.29) is 18.7 Å². The maximum absolute atomic E-state index is 11.8. The van der Waals surface area contributed by atoms with Gasteiger partial charge in [-0.15, -0.1) is 0 Å². The summed E-state index contributed by atoms with van der Waals surface area (Å²) in [5.74, 6) is 0.339. The highest BCUT2D eigenvalue weighted by Gasteiger charge is 2.26. The minimum absolute atomic E-state index is 0.0693. The van der Waals surface area contributed by atoms with Gasteiger partial charge in [0.2, 0.25) is 0 Å². The molecule has 0 fully saturated rings. The standard InChI is InChI=1S/C11H10ClNO4/c12-6-1-2-8-9(14)4-7(5-13-11(15)16)17-10(8)3-6/h1-3,7,13H,4-5H2,(H,15,16). The van der Waals surface area contributed by atoms with Crippen LogP contribution in [0.5, 0.6) is 5.75 Å². The first-order chi connectivity index (χ1) is 8.06. The van der Waals surface area contributed by atoms with E-state index in [4.69, 9.17) is 21.4 Å². The van der Waals surface area contributed by atoms with E-state index in [9.17, 15) is 9.59 Å². The number of Topliss-reactive ketones (excluding diaryl/α,β-unsaturated/α-hetero) is 1. The van der Waals surface area contributed by atoms with E-state index in [2.05, 4.69) is 5.32 Å². The van der Waals surface area contributed by atoms with E-state index >= 15 is 0 Å². The van der Waals surface area contributed by atoms with Crippen LogP contribution in [0, 0.1) is 0 Å². The van der Waals surface area contributed by atoms with E-state index in [1.54, 1.807) is 18.2 Å². The van der Waals surface area contributed by atoms with Crippen LogP contribution in [0.25, 0.3) is 0 Å². The Morgan fingerprint density at radius 1 is 1.59 bits per heavy atom. The fraction of sp³-hybridized carbons (Fsp3) is 0.273. The summed E-state index contributed by atoms with van der Waals surface area (Å²) in [5, 5.41) is 11.1. The number of carbonyl (C=O) groups excluding carboxylic acids is 1. The lowest BCUT2D eigenvalue weighted by atomic mass is 10.0. The molecule has 1 aliphatic rings. The van der Waals surface area contributed by atoms with Crippen molar-refractivity contribution in [2.45, 2.75) is 12.5 Å². The van der Waals surface area contributed by atoms with Gasteiger partial charge in [-0.05, 0) is 18.2 Å². The minimum atomic E-state index is -1.14. The zero-order chi connectivity index (χ0) is 12.4. The molecule has 90 valence electrons. The summed E-state index contributed by atoms with van der Waals surface area (Å²) >= 11 is 5.80. The SMILES string of the molecule is O=C(O)NCC1CC(=O)c2ccc(Cl)cc2O1. The number of nitrogens with one attached hydrogen (secondary N) is 1. The molecule has 17 heavy (non-hydrogen) atoms. The quantitative estimate of drug-likeness (QED) is 0.847. The van der Waals surface area contributed by atoms with Gasteiger partial charge in [0.1, 0.15) is 11.9 Å². The Morgan fingerprint density at radius 2 is 2.35 bits per heavy atom. The molecule has 1 aliphatic heterocycles. The second-order valence-corrected chi connectivity index (χ2v) is 4.13. The van der Waals surface area contributed by atoms with Crippen molar-refractivity contribution in [3.8, 4) is 5.75 Å². The van der Waals surface area contributed by atoms with Crippen molar-refractivity contribution >= 4 is 23.5 Å². The molecule has 0 aliphatic carbocycles. The van der Waals surface area contributed by atoms with Crippen LogP contribution in [0.1, 0.15) is 16.8 Å². The van der Waals surface area contributed by atoms with Crippen LogP contribution >= 0.6 is 11.6 Å². The smallest absolute Gasteiger partial charge is 0.404 e. The number of ketones is 1. The van der Waals surface area contributed by atoms with Crippen molar-refractivity contribution in [1.29, 1.82) is 0 Å². The van der Waals surface area contributed by atoms with Gasteiger partial charge in [-0.25, -0.2) is 4.79 Å². The Balaban J connectivity index is 2.14. The van der Waals surface area contributed by atoms with Gasteiger partial charge in [0.05, 0.1) is 12.1 Å². The fourth-order valence-electron chi connectivity index (χ4n) is 1.68. The van der Waals surface area contributed by atoms with Crippen molar-refractivity contribution in [2.24, 2.45) is 0 Å². The zero-order valence-corrected chi connectivity index (χ0v) is 9.53. The lowest BCUT2D eigenvalue weighted by molar-refractivity contribution is 0.0846. The predicted octanol–water partition coefficient (Wildman–Crippen LogP) is 1.94. The normalized spacial score (nSPS) is 18.2. The molecule has 1 atom stereocenters. The van der Waals surface area contributed by atoms with Crippen LogP contribution in [0.15, 0.2) is 18.2 Å². The molecular formula is C11H10ClNO4. The van der Waals surface area contributed by atoms with Crippen LogP contribution in [0.3, 0.4) is 0 Å². The molecule has 0 spiro atoms. The predicted molar refractivity (Wildman–Crippen MR) is 60.8 cm³/mol. The third-order valence-corrected chi connectivity index (χ3v) is 2.67. The average Bonchev–Trinajstić information content (AvgIpc) is 2.25. The van der Waals surface area contributed by atoms with E-state index in [1.807, 2.05) is 0 Å². The molecule has 1 unspecified atom stereocenters. The van der Waals surface area contributed by atoms with Crippen LogP contribution < -0.4 is 10.1 Å². The highest BCUT2D eigenvalue weighted by atomic mass is 35.5. The van der Waals surface area contributed by atoms with Crippen LogP contribution in [-0.2, 0) is 0 Å². The second-order valence-electron chi connectivity index (χ2n) is 3.69. The van der Waals surface area contributed by atoms with Crippen molar-refractivity contribution in [1.82, 2.24) is 5.32 Å². The molecule has 5 nitrogen and oxygen atoms in total. The van der Waals surface area contributed by atoms with E-state index < -0.39 is 12.2 Å². The molecular weight excluding hydrogens is 246 g/mol. The first-order valence-electron chi connectivity index (χ1n) is 5.02. The molecule has 2 rings (SSSR count). The summed E-state index contributed by atoms with van der Waals surface area (Å²) in [7, 11) is 0. The number of rotatable bonds is 2. The van der Waals surface area contributed by atoms with E-state index in [0.717, 1.165) is 0 Å². The minimum Gasteiger partial charge on any atom is -0.487 e. The van der Waals surface area contributed by atoms with E-state index in [0.29, 0.717) is 16.3 Å². The van der Waals surface area contributed by atoms with Gasteiger partial charge in [0.15, 0.2) is 5.78 Å². The summed E-state index contributed by atoms with van der Waals surface area (Å²) in [4.78, 5) is 22.1. The lowest BCUT2D eigenvalue weighted by Gasteiger charge is -2.25. The largest absolute Gasteiger partial charge is 0.487 e. The number of hydrogen-bond donors (Lipinski definition) is 2. The third-order valence-electron chi connectivity index (χ3n) is 2.43. The third kappa shape index (κ3) is 2.68. The van der Waals surface area contributed by atoms with Gasteiger partial charge in [0, 0.05) is 11.4 Å². The first-order valence-corrected chi connectivity index (χ1v) is 5.40. The maximum atomic E-state index is 11.8. The topological polar surface area (TPSA) is 75.6 Å². The molecule has 0 saturated carbocycles. The molecule has 1 heterocycles. The average molecular weight is 256 g/mol. The Bertz CT molecular complexity index is 475. The van der Waals surface area contributed by atoms with Crippen LogP contribution in [0.4, 0.5) is 4.79 Å². The van der Waals surface area contributed by atoms with Crippen LogP contribution in [0.2, 0.25) is 5.02 Å². The number of ether oxygens (including phenoxy) is 1. The summed E-state index contributed by atoms with van der Waals surface area (Å²) in [6, 6.07) is 4.79. The molecule has 1 amide bonds.